The van der Waals surface area contributed by atoms with Gasteiger partial charge < -0.3 is 15.0 Å². The van der Waals surface area contributed by atoms with E-state index in [1.54, 1.807) is 24.8 Å². The van der Waals surface area contributed by atoms with Gasteiger partial charge in [0.05, 0.1) is 12.5 Å². The number of ether oxygens (including phenoxy) is 1. The second-order valence-electron chi connectivity index (χ2n) is 6.87. The molecule has 0 spiro atoms. The average Bonchev–Trinajstić information content (AvgIpc) is 3.26. The van der Waals surface area contributed by atoms with Crippen molar-refractivity contribution >= 4 is 35.2 Å². The Morgan fingerprint density at radius 3 is 2.63 bits per heavy atom. The lowest BCUT2D eigenvalue weighted by molar-refractivity contribution is -0.151. The van der Waals surface area contributed by atoms with Gasteiger partial charge in [-0.25, -0.2) is 4.79 Å². The van der Waals surface area contributed by atoms with Crippen molar-refractivity contribution < 1.29 is 23.9 Å². The molecule has 0 radical (unpaired) electrons. The van der Waals surface area contributed by atoms with Crippen LogP contribution in [0.25, 0.3) is 0 Å². The molecule has 4 amide bonds. The van der Waals surface area contributed by atoms with E-state index in [1.165, 1.54) is 11.3 Å². The Labute approximate surface area is 161 Å². The van der Waals surface area contributed by atoms with Gasteiger partial charge in [0.1, 0.15) is 12.1 Å². The number of imide groups is 1. The SMILES string of the molecule is CCOC(=O)C1CCN(C(=O)CN2C(=O)NC(C)(c3ccsc3)C2=O)CC1. The van der Waals surface area contributed by atoms with Crippen molar-refractivity contribution in [2.45, 2.75) is 32.2 Å². The molecular formula is C18H23N3O5S. The number of carbonyl (C=O) groups is 4. The highest BCUT2D eigenvalue weighted by Gasteiger charge is 2.50. The number of nitrogens with one attached hydrogen (secondary N) is 1. The van der Waals surface area contributed by atoms with Crippen LogP contribution in [0.2, 0.25) is 0 Å². The Balaban J connectivity index is 1.59. The topological polar surface area (TPSA) is 96.0 Å². The minimum Gasteiger partial charge on any atom is -0.466 e. The second kappa shape index (κ2) is 7.67. The Morgan fingerprint density at radius 1 is 1.33 bits per heavy atom. The number of hydrogen-bond donors (Lipinski definition) is 1. The number of urea groups is 1. The van der Waals surface area contributed by atoms with Gasteiger partial charge in [-0.05, 0) is 49.1 Å². The maximum Gasteiger partial charge on any atom is 0.325 e. The summed E-state index contributed by atoms with van der Waals surface area (Å²) in [4.78, 5) is 52.0. The van der Waals surface area contributed by atoms with Crippen molar-refractivity contribution in [3.8, 4) is 0 Å². The molecule has 2 saturated heterocycles. The minimum atomic E-state index is -1.14. The summed E-state index contributed by atoms with van der Waals surface area (Å²) in [6.45, 7) is 4.27. The number of hydrogen-bond acceptors (Lipinski definition) is 6. The summed E-state index contributed by atoms with van der Waals surface area (Å²) in [6, 6.07) is 1.22. The number of rotatable bonds is 5. The standard InChI is InChI=1S/C18H23N3O5S/c1-3-26-15(23)12-4-7-20(8-5-12)14(22)10-21-16(24)18(2,19-17(21)25)13-6-9-27-11-13/h6,9,11-12H,3-5,7-8,10H2,1-2H3,(H,19,25). The molecule has 2 fully saturated rings. The van der Waals surface area contributed by atoms with E-state index in [2.05, 4.69) is 5.32 Å². The van der Waals surface area contributed by atoms with Crippen molar-refractivity contribution in [2.75, 3.05) is 26.2 Å². The third-order valence-electron chi connectivity index (χ3n) is 5.13. The van der Waals surface area contributed by atoms with E-state index in [1.807, 2.05) is 10.8 Å². The molecule has 3 heterocycles. The highest BCUT2D eigenvalue weighted by atomic mass is 32.1. The predicted octanol–water partition coefficient (Wildman–Crippen LogP) is 1.32. The third-order valence-corrected chi connectivity index (χ3v) is 5.82. The molecule has 8 nitrogen and oxygen atoms in total. The molecule has 2 aliphatic rings. The van der Waals surface area contributed by atoms with Crippen LogP contribution in [0.4, 0.5) is 4.79 Å². The average molecular weight is 393 g/mol. The maximum atomic E-state index is 12.8. The highest BCUT2D eigenvalue weighted by molar-refractivity contribution is 7.08. The van der Waals surface area contributed by atoms with Gasteiger partial charge in [0.15, 0.2) is 0 Å². The van der Waals surface area contributed by atoms with Crippen molar-refractivity contribution in [3.63, 3.8) is 0 Å². The van der Waals surface area contributed by atoms with E-state index in [4.69, 9.17) is 4.74 Å². The first kappa shape index (κ1) is 19.3. The first-order valence-electron chi connectivity index (χ1n) is 8.98. The smallest absolute Gasteiger partial charge is 0.325 e. The van der Waals surface area contributed by atoms with E-state index >= 15 is 0 Å². The van der Waals surface area contributed by atoms with Crippen molar-refractivity contribution in [2.24, 2.45) is 5.92 Å². The van der Waals surface area contributed by atoms with E-state index < -0.39 is 17.5 Å². The lowest BCUT2D eigenvalue weighted by Crippen LogP contribution is -2.47. The monoisotopic (exact) mass is 393 g/mol. The zero-order valence-electron chi connectivity index (χ0n) is 15.4. The summed E-state index contributed by atoms with van der Waals surface area (Å²) < 4.78 is 5.02. The van der Waals surface area contributed by atoms with Crippen LogP contribution in [0, 0.1) is 5.92 Å². The second-order valence-corrected chi connectivity index (χ2v) is 7.65. The number of esters is 1. The Kier molecular flexibility index (Phi) is 5.50. The summed E-state index contributed by atoms with van der Waals surface area (Å²) in [5.74, 6) is -1.16. The van der Waals surface area contributed by atoms with Crippen LogP contribution in [0.1, 0.15) is 32.3 Å². The molecule has 1 aromatic rings. The fourth-order valence-corrected chi connectivity index (χ4v) is 4.21. The van der Waals surface area contributed by atoms with Crippen LogP contribution in [0.15, 0.2) is 16.8 Å². The number of thiophene rings is 1. The van der Waals surface area contributed by atoms with E-state index in [-0.39, 0.29) is 24.3 Å². The van der Waals surface area contributed by atoms with Crippen molar-refractivity contribution in [3.05, 3.63) is 22.4 Å². The fourth-order valence-electron chi connectivity index (χ4n) is 3.45. The fraction of sp³-hybridized carbons (Fsp3) is 0.556. The highest BCUT2D eigenvalue weighted by Crippen LogP contribution is 2.30. The molecule has 146 valence electrons. The van der Waals surface area contributed by atoms with Gasteiger partial charge in [0.2, 0.25) is 5.91 Å². The van der Waals surface area contributed by atoms with Gasteiger partial charge in [-0.2, -0.15) is 11.3 Å². The molecule has 0 aliphatic carbocycles. The molecule has 9 heteroatoms. The van der Waals surface area contributed by atoms with Gasteiger partial charge in [-0.1, -0.05) is 0 Å². The molecule has 0 aromatic carbocycles. The van der Waals surface area contributed by atoms with Crippen LogP contribution in [0.3, 0.4) is 0 Å². The van der Waals surface area contributed by atoms with Gasteiger partial charge in [-0.15, -0.1) is 0 Å². The number of nitrogens with zero attached hydrogens (tertiary/aromatic N) is 2. The van der Waals surface area contributed by atoms with E-state index in [9.17, 15) is 19.2 Å². The van der Waals surface area contributed by atoms with Crippen LogP contribution in [-0.2, 0) is 24.7 Å². The molecule has 3 rings (SSSR count). The Bertz CT molecular complexity index is 742. The predicted molar refractivity (Wildman–Crippen MR) is 97.9 cm³/mol. The van der Waals surface area contributed by atoms with Crippen LogP contribution in [-0.4, -0.2) is 59.9 Å². The van der Waals surface area contributed by atoms with Crippen LogP contribution >= 0.6 is 11.3 Å². The number of piperidine rings is 1. The zero-order valence-corrected chi connectivity index (χ0v) is 16.2. The normalized spacial score (nSPS) is 23.5. The lowest BCUT2D eigenvalue weighted by atomic mass is 9.95. The maximum absolute atomic E-state index is 12.8. The quantitative estimate of drug-likeness (QED) is 0.601. The number of likely N-dealkylation sites (tertiary alicyclic amines) is 1. The van der Waals surface area contributed by atoms with Gasteiger partial charge >= 0.3 is 12.0 Å². The van der Waals surface area contributed by atoms with E-state index in [0.717, 1.165) is 4.90 Å². The molecule has 27 heavy (non-hydrogen) atoms. The third kappa shape index (κ3) is 3.69. The lowest BCUT2D eigenvalue weighted by Gasteiger charge is -2.31. The molecule has 0 bridgehead atoms. The first-order chi connectivity index (χ1) is 12.9. The number of amides is 4. The zero-order chi connectivity index (χ0) is 19.6. The van der Waals surface area contributed by atoms with Crippen molar-refractivity contribution in [1.29, 1.82) is 0 Å². The summed E-state index contributed by atoms with van der Waals surface area (Å²) in [6.07, 6.45) is 1.05. The van der Waals surface area contributed by atoms with Crippen LogP contribution in [0.5, 0.6) is 0 Å². The van der Waals surface area contributed by atoms with Gasteiger partial charge in [0, 0.05) is 13.1 Å². The van der Waals surface area contributed by atoms with Gasteiger partial charge in [0.25, 0.3) is 5.91 Å². The summed E-state index contributed by atoms with van der Waals surface area (Å²) in [7, 11) is 0. The molecule has 1 N–H and O–H groups in total. The molecule has 1 unspecified atom stereocenters. The molecule has 2 aliphatic heterocycles. The summed E-state index contributed by atoms with van der Waals surface area (Å²) in [5.41, 5.74) is -0.440. The molecule has 0 saturated carbocycles. The summed E-state index contributed by atoms with van der Waals surface area (Å²) >= 11 is 1.44. The van der Waals surface area contributed by atoms with Crippen LogP contribution < -0.4 is 5.32 Å². The molecule has 1 aromatic heterocycles. The number of carbonyl (C=O) groups excluding carboxylic acids is 4. The Morgan fingerprint density at radius 2 is 2.04 bits per heavy atom. The van der Waals surface area contributed by atoms with E-state index in [0.29, 0.717) is 38.1 Å². The largest absolute Gasteiger partial charge is 0.466 e. The first-order valence-corrected chi connectivity index (χ1v) is 9.92. The molecule has 1 atom stereocenters. The molecular weight excluding hydrogens is 370 g/mol. The van der Waals surface area contributed by atoms with Crippen molar-refractivity contribution in [1.82, 2.24) is 15.1 Å². The Hall–Kier alpha value is -2.42. The van der Waals surface area contributed by atoms with Gasteiger partial charge in [-0.3, -0.25) is 19.3 Å². The summed E-state index contributed by atoms with van der Waals surface area (Å²) in [5, 5.41) is 6.33. The minimum absolute atomic E-state index is 0.201.